The Bertz CT molecular complexity index is 293. The van der Waals surface area contributed by atoms with E-state index < -0.39 is 0 Å². The molecule has 0 bridgehead atoms. The molecule has 0 aliphatic heterocycles. The van der Waals surface area contributed by atoms with E-state index in [-0.39, 0.29) is 0 Å². The molecule has 1 nitrogen and oxygen atoms in total. The molecule has 1 heterocycles. The van der Waals surface area contributed by atoms with Gasteiger partial charge in [0.05, 0.1) is 5.02 Å². The summed E-state index contributed by atoms with van der Waals surface area (Å²) in [6.07, 6.45) is 4.22. The van der Waals surface area contributed by atoms with E-state index in [1.807, 2.05) is 11.4 Å². The van der Waals surface area contributed by atoms with E-state index in [2.05, 4.69) is 12.2 Å². The maximum Gasteiger partial charge on any atom is 0.0516 e. The molecule has 1 aliphatic rings. The lowest BCUT2D eigenvalue weighted by Gasteiger charge is -2.31. The van der Waals surface area contributed by atoms with Crippen molar-refractivity contribution < 1.29 is 0 Å². The molecule has 1 N–H and O–H groups in total. The summed E-state index contributed by atoms with van der Waals surface area (Å²) >= 11 is 7.59. The first-order valence-corrected chi connectivity index (χ1v) is 6.48. The van der Waals surface area contributed by atoms with Crippen molar-refractivity contribution in [3.8, 4) is 0 Å². The second-order valence-electron chi connectivity index (χ2n) is 4.09. The first kappa shape index (κ1) is 10.5. The highest BCUT2D eigenvalue weighted by atomic mass is 35.5. The standard InChI is InChI=1S/C11H16ClNS/c1-8(9-3-2-4-9)13-6-11-5-10(12)7-14-11/h5,7-9,13H,2-4,6H2,1H3. The van der Waals surface area contributed by atoms with Crippen LogP contribution >= 0.6 is 22.9 Å². The minimum absolute atomic E-state index is 0.657. The predicted molar refractivity (Wildman–Crippen MR) is 63.0 cm³/mol. The maximum absolute atomic E-state index is 5.86. The van der Waals surface area contributed by atoms with Crippen LogP contribution in [0.4, 0.5) is 0 Å². The summed E-state index contributed by atoms with van der Waals surface area (Å²) in [6.45, 7) is 3.26. The fourth-order valence-corrected chi connectivity index (χ4v) is 2.84. The van der Waals surface area contributed by atoms with Crippen LogP contribution in [0.2, 0.25) is 5.02 Å². The summed E-state index contributed by atoms with van der Waals surface area (Å²) in [6, 6.07) is 2.71. The van der Waals surface area contributed by atoms with Crippen molar-refractivity contribution >= 4 is 22.9 Å². The number of thiophene rings is 1. The molecule has 1 saturated carbocycles. The van der Waals surface area contributed by atoms with Gasteiger partial charge < -0.3 is 5.32 Å². The summed E-state index contributed by atoms with van der Waals surface area (Å²) in [4.78, 5) is 1.33. The highest BCUT2D eigenvalue weighted by molar-refractivity contribution is 7.10. The highest BCUT2D eigenvalue weighted by Gasteiger charge is 2.23. The van der Waals surface area contributed by atoms with Crippen LogP contribution in [0.1, 0.15) is 31.1 Å². The zero-order valence-corrected chi connectivity index (χ0v) is 10.00. The molecule has 1 atom stereocenters. The second kappa shape index (κ2) is 4.65. The number of hydrogen-bond acceptors (Lipinski definition) is 2. The lowest BCUT2D eigenvalue weighted by molar-refractivity contribution is 0.240. The van der Waals surface area contributed by atoms with Crippen LogP contribution in [0.15, 0.2) is 11.4 Å². The third-order valence-electron chi connectivity index (χ3n) is 3.08. The fourth-order valence-electron chi connectivity index (χ4n) is 1.81. The van der Waals surface area contributed by atoms with Crippen LogP contribution in [0, 0.1) is 5.92 Å². The largest absolute Gasteiger partial charge is 0.309 e. The van der Waals surface area contributed by atoms with Gasteiger partial charge in [0.25, 0.3) is 0 Å². The smallest absolute Gasteiger partial charge is 0.0516 e. The zero-order valence-electron chi connectivity index (χ0n) is 8.42. The zero-order chi connectivity index (χ0) is 9.97. The molecule has 1 unspecified atom stereocenters. The Labute approximate surface area is 94.5 Å². The van der Waals surface area contributed by atoms with E-state index >= 15 is 0 Å². The minimum Gasteiger partial charge on any atom is -0.309 e. The van der Waals surface area contributed by atoms with Crippen LogP contribution < -0.4 is 5.32 Å². The Hall–Kier alpha value is -0.0500. The minimum atomic E-state index is 0.657. The first-order valence-electron chi connectivity index (χ1n) is 5.22. The van der Waals surface area contributed by atoms with E-state index in [0.717, 1.165) is 17.5 Å². The molecule has 1 aromatic heterocycles. The van der Waals surface area contributed by atoms with Crippen molar-refractivity contribution in [2.75, 3.05) is 0 Å². The van der Waals surface area contributed by atoms with Crippen LogP contribution in [-0.2, 0) is 6.54 Å². The molecule has 0 saturated heterocycles. The predicted octanol–water partition coefficient (Wildman–Crippen LogP) is 3.68. The molecule has 3 heteroatoms. The topological polar surface area (TPSA) is 12.0 Å². The maximum atomic E-state index is 5.86. The third-order valence-corrected chi connectivity index (χ3v) is 4.36. The van der Waals surface area contributed by atoms with Crippen LogP contribution in [0.25, 0.3) is 0 Å². The monoisotopic (exact) mass is 229 g/mol. The number of halogens is 1. The Morgan fingerprint density at radius 3 is 2.93 bits per heavy atom. The molecule has 1 fully saturated rings. The molecule has 1 aromatic rings. The molecular weight excluding hydrogens is 214 g/mol. The average molecular weight is 230 g/mol. The highest BCUT2D eigenvalue weighted by Crippen LogP contribution is 2.29. The van der Waals surface area contributed by atoms with Crippen molar-refractivity contribution in [2.24, 2.45) is 5.92 Å². The van der Waals surface area contributed by atoms with Gasteiger partial charge in [-0.25, -0.2) is 0 Å². The lowest BCUT2D eigenvalue weighted by atomic mass is 9.80. The summed E-state index contributed by atoms with van der Waals surface area (Å²) in [5, 5.41) is 6.42. The van der Waals surface area contributed by atoms with Gasteiger partial charge in [-0.05, 0) is 31.7 Å². The van der Waals surface area contributed by atoms with Crippen molar-refractivity contribution in [1.82, 2.24) is 5.32 Å². The fraction of sp³-hybridized carbons (Fsp3) is 0.636. The van der Waals surface area contributed by atoms with Gasteiger partial charge in [-0.15, -0.1) is 11.3 Å². The van der Waals surface area contributed by atoms with Crippen LogP contribution in [-0.4, -0.2) is 6.04 Å². The molecule has 1 aliphatic carbocycles. The van der Waals surface area contributed by atoms with E-state index in [0.29, 0.717) is 6.04 Å². The molecule has 0 aromatic carbocycles. The van der Waals surface area contributed by atoms with Crippen molar-refractivity contribution in [2.45, 2.75) is 38.8 Å². The van der Waals surface area contributed by atoms with Gasteiger partial charge in [0, 0.05) is 22.8 Å². The molecular formula is C11H16ClNS. The van der Waals surface area contributed by atoms with Gasteiger partial charge in [-0.2, -0.15) is 0 Å². The van der Waals surface area contributed by atoms with E-state index in [4.69, 9.17) is 11.6 Å². The summed E-state index contributed by atoms with van der Waals surface area (Å²) in [5.74, 6) is 0.908. The quantitative estimate of drug-likeness (QED) is 0.831. The molecule has 0 radical (unpaired) electrons. The van der Waals surface area contributed by atoms with Crippen molar-refractivity contribution in [3.05, 3.63) is 21.3 Å². The Morgan fingerprint density at radius 2 is 2.43 bits per heavy atom. The average Bonchev–Trinajstić information content (AvgIpc) is 2.45. The van der Waals surface area contributed by atoms with Gasteiger partial charge in [-0.1, -0.05) is 18.0 Å². The number of hydrogen-bond donors (Lipinski definition) is 1. The van der Waals surface area contributed by atoms with Gasteiger partial charge >= 0.3 is 0 Å². The number of rotatable bonds is 4. The van der Waals surface area contributed by atoms with E-state index in [9.17, 15) is 0 Å². The molecule has 0 spiro atoms. The van der Waals surface area contributed by atoms with Crippen molar-refractivity contribution in [3.63, 3.8) is 0 Å². The van der Waals surface area contributed by atoms with Crippen LogP contribution in [0.5, 0.6) is 0 Å². The molecule has 0 amide bonds. The third kappa shape index (κ3) is 2.50. The normalized spacial score (nSPS) is 19.3. The van der Waals surface area contributed by atoms with E-state index in [1.165, 1.54) is 24.1 Å². The summed E-state index contributed by atoms with van der Waals surface area (Å²) in [7, 11) is 0. The second-order valence-corrected chi connectivity index (χ2v) is 5.52. The van der Waals surface area contributed by atoms with Gasteiger partial charge in [0.2, 0.25) is 0 Å². The van der Waals surface area contributed by atoms with Crippen molar-refractivity contribution in [1.29, 1.82) is 0 Å². The summed E-state index contributed by atoms with van der Waals surface area (Å²) < 4.78 is 0. The first-order chi connectivity index (χ1) is 6.75. The SMILES string of the molecule is CC(NCc1cc(Cl)cs1)C1CCC1. The van der Waals surface area contributed by atoms with Gasteiger partial charge in [0.15, 0.2) is 0 Å². The lowest BCUT2D eigenvalue weighted by Crippen LogP contribution is -2.36. The molecule has 2 rings (SSSR count). The van der Waals surface area contributed by atoms with E-state index in [1.54, 1.807) is 11.3 Å². The summed E-state index contributed by atoms with van der Waals surface area (Å²) in [5.41, 5.74) is 0. The van der Waals surface area contributed by atoms with Gasteiger partial charge in [0.1, 0.15) is 0 Å². The Balaban J connectivity index is 1.76. The van der Waals surface area contributed by atoms with Gasteiger partial charge in [-0.3, -0.25) is 0 Å². The molecule has 78 valence electrons. The Morgan fingerprint density at radius 1 is 1.64 bits per heavy atom. The Kier molecular flexibility index (Phi) is 3.47. The van der Waals surface area contributed by atoms with Crippen LogP contribution in [0.3, 0.4) is 0 Å². The molecule has 14 heavy (non-hydrogen) atoms. The number of nitrogens with one attached hydrogen (secondary N) is 1.